The number of benzene rings is 3. The van der Waals surface area contributed by atoms with Crippen molar-refractivity contribution in [3.8, 4) is 11.1 Å². The van der Waals surface area contributed by atoms with Crippen LogP contribution >= 0.6 is 0 Å². The third-order valence-corrected chi connectivity index (χ3v) is 6.14. The van der Waals surface area contributed by atoms with Gasteiger partial charge in [0, 0.05) is 37.6 Å². The van der Waals surface area contributed by atoms with Crippen LogP contribution in [0.5, 0.6) is 0 Å². The molecule has 5 nitrogen and oxygen atoms in total. The van der Waals surface area contributed by atoms with Crippen LogP contribution in [0.4, 0.5) is 18.0 Å². The molecule has 0 bridgehead atoms. The summed E-state index contributed by atoms with van der Waals surface area (Å²) < 4.78 is 44.6. The number of carbonyl (C=O) groups is 1. The molecule has 0 saturated carbocycles. The highest BCUT2D eigenvalue weighted by Gasteiger charge is 2.32. The monoisotopic (exact) mass is 514 g/mol. The number of halogens is 3. The van der Waals surface area contributed by atoms with Crippen LogP contribution in [0.1, 0.15) is 31.4 Å². The van der Waals surface area contributed by atoms with Crippen LogP contribution in [-0.2, 0) is 4.74 Å². The Morgan fingerprint density at radius 3 is 2.22 bits per heavy atom. The van der Waals surface area contributed by atoms with Gasteiger partial charge in [-0.25, -0.2) is 18.0 Å². The molecule has 1 heterocycles. The third-order valence-electron chi connectivity index (χ3n) is 6.14. The summed E-state index contributed by atoms with van der Waals surface area (Å²) >= 11 is 0. The summed E-state index contributed by atoms with van der Waals surface area (Å²) in [7, 11) is 3.77. The molecule has 1 fully saturated rings. The highest BCUT2D eigenvalue weighted by molar-refractivity contribution is 5.69. The van der Waals surface area contributed by atoms with Crippen LogP contribution in [-0.4, -0.2) is 60.4 Å². The van der Waals surface area contributed by atoms with E-state index in [1.54, 1.807) is 35.2 Å². The van der Waals surface area contributed by atoms with Crippen molar-refractivity contribution in [2.75, 3.05) is 27.2 Å². The lowest BCUT2D eigenvalue weighted by Gasteiger charge is -2.36. The maximum atomic E-state index is 14.0. The van der Waals surface area contributed by atoms with Gasteiger partial charge in [0.2, 0.25) is 0 Å². The van der Waals surface area contributed by atoms with E-state index >= 15 is 0 Å². The number of nitrogens with zero attached hydrogens (tertiary/aromatic N) is 2. The van der Waals surface area contributed by atoms with Gasteiger partial charge < -0.3 is 19.6 Å². The Kier molecular flexibility index (Phi) is 10.1. The molecule has 3 atom stereocenters. The molecular formula is C29H33F3N2O3. The van der Waals surface area contributed by atoms with Crippen LogP contribution in [0.3, 0.4) is 0 Å². The van der Waals surface area contributed by atoms with Crippen molar-refractivity contribution in [3.05, 3.63) is 95.8 Å². The molecule has 3 aromatic carbocycles. The Hall–Kier alpha value is -3.36. The molecule has 1 aliphatic rings. The zero-order chi connectivity index (χ0) is 26.9. The van der Waals surface area contributed by atoms with Gasteiger partial charge in [-0.1, -0.05) is 42.5 Å². The van der Waals surface area contributed by atoms with E-state index in [1.165, 1.54) is 24.3 Å². The highest BCUT2D eigenvalue weighted by atomic mass is 19.1. The standard InChI is InChI=1S/C23H28F2N2O3.C6H5F/c1-15(27-11-10-20(30-23(27)29)13-19(28)14-26(2)3)16-4-6-17(7-5-16)21-9-8-18(24)12-22(21)25;7-6-4-2-1-3-5-6/h4-9,12,15,19-20,28H,10-11,13-14H2,1-3H3;1-5H. The number of hydrogen-bond donors (Lipinski definition) is 1. The molecule has 1 amide bonds. The Morgan fingerprint density at radius 1 is 1.00 bits per heavy atom. The summed E-state index contributed by atoms with van der Waals surface area (Å²) in [4.78, 5) is 16.1. The van der Waals surface area contributed by atoms with Crippen LogP contribution in [0, 0.1) is 17.5 Å². The molecule has 0 spiro atoms. The van der Waals surface area contributed by atoms with Crippen molar-refractivity contribution < 1.29 is 27.8 Å². The van der Waals surface area contributed by atoms with E-state index in [0.29, 0.717) is 37.1 Å². The molecular weight excluding hydrogens is 481 g/mol. The second kappa shape index (κ2) is 13.3. The Morgan fingerprint density at radius 2 is 1.68 bits per heavy atom. The second-order valence-corrected chi connectivity index (χ2v) is 9.36. The molecule has 1 N–H and O–H groups in total. The van der Waals surface area contributed by atoms with Crippen LogP contribution in [0.25, 0.3) is 11.1 Å². The molecule has 37 heavy (non-hydrogen) atoms. The molecule has 3 aromatic rings. The van der Waals surface area contributed by atoms with Gasteiger partial charge in [-0.05, 0) is 56.4 Å². The van der Waals surface area contributed by atoms with Gasteiger partial charge in [0.15, 0.2) is 0 Å². The van der Waals surface area contributed by atoms with E-state index in [1.807, 2.05) is 38.1 Å². The molecule has 0 aromatic heterocycles. The summed E-state index contributed by atoms with van der Waals surface area (Å²) in [6.45, 7) is 2.97. The zero-order valence-corrected chi connectivity index (χ0v) is 21.3. The van der Waals surface area contributed by atoms with Crippen molar-refractivity contribution in [2.24, 2.45) is 0 Å². The van der Waals surface area contributed by atoms with Crippen molar-refractivity contribution in [1.82, 2.24) is 9.80 Å². The van der Waals surface area contributed by atoms with Gasteiger partial charge in [0.25, 0.3) is 0 Å². The van der Waals surface area contributed by atoms with Gasteiger partial charge >= 0.3 is 6.09 Å². The second-order valence-electron chi connectivity index (χ2n) is 9.36. The largest absolute Gasteiger partial charge is 0.446 e. The molecule has 198 valence electrons. The number of aliphatic hydroxyl groups is 1. The molecule has 8 heteroatoms. The van der Waals surface area contributed by atoms with Crippen molar-refractivity contribution in [2.45, 2.75) is 38.0 Å². The van der Waals surface area contributed by atoms with Gasteiger partial charge in [0.05, 0.1) is 12.1 Å². The molecule has 0 aliphatic carbocycles. The SMILES string of the molecule is CC(c1ccc(-c2ccc(F)cc2F)cc1)N1CCC(CC(O)CN(C)C)OC1=O.Fc1ccccc1. The zero-order valence-electron chi connectivity index (χ0n) is 21.3. The summed E-state index contributed by atoms with van der Waals surface area (Å²) in [6.07, 6.45) is -0.158. The normalized spacial score (nSPS) is 17.0. The van der Waals surface area contributed by atoms with Crippen LogP contribution < -0.4 is 0 Å². The van der Waals surface area contributed by atoms with E-state index < -0.39 is 23.8 Å². The van der Waals surface area contributed by atoms with Gasteiger partial charge in [0.1, 0.15) is 23.6 Å². The third kappa shape index (κ3) is 8.33. The topological polar surface area (TPSA) is 53.0 Å². The average Bonchev–Trinajstić information content (AvgIpc) is 2.84. The first kappa shape index (κ1) is 28.2. The fourth-order valence-corrected chi connectivity index (χ4v) is 4.22. The molecule has 0 radical (unpaired) electrons. The fraction of sp³-hybridized carbons (Fsp3) is 0.345. The first-order chi connectivity index (χ1) is 17.6. The maximum Gasteiger partial charge on any atom is 0.410 e. The van der Waals surface area contributed by atoms with Crippen molar-refractivity contribution >= 4 is 6.09 Å². The maximum absolute atomic E-state index is 14.0. The van der Waals surface area contributed by atoms with E-state index in [4.69, 9.17) is 4.74 Å². The lowest BCUT2D eigenvalue weighted by molar-refractivity contribution is -0.0117. The lowest BCUT2D eigenvalue weighted by atomic mass is 9.99. The predicted octanol–water partition coefficient (Wildman–Crippen LogP) is 6.04. The minimum atomic E-state index is -0.613. The first-order valence-electron chi connectivity index (χ1n) is 12.2. The number of cyclic esters (lactones) is 1. The van der Waals surface area contributed by atoms with Crippen molar-refractivity contribution in [1.29, 1.82) is 0 Å². The van der Waals surface area contributed by atoms with Gasteiger partial charge in [-0.3, -0.25) is 0 Å². The summed E-state index contributed by atoms with van der Waals surface area (Å²) in [5, 5.41) is 10.1. The minimum Gasteiger partial charge on any atom is -0.446 e. The van der Waals surface area contributed by atoms with E-state index in [-0.39, 0.29) is 18.0 Å². The lowest BCUT2D eigenvalue weighted by Crippen LogP contribution is -2.44. The fourth-order valence-electron chi connectivity index (χ4n) is 4.22. The first-order valence-corrected chi connectivity index (χ1v) is 12.2. The molecule has 1 saturated heterocycles. The molecule has 1 aliphatic heterocycles. The Bertz CT molecular complexity index is 1140. The van der Waals surface area contributed by atoms with E-state index in [9.17, 15) is 23.1 Å². The average molecular weight is 515 g/mol. The Labute approximate surface area is 216 Å². The number of carbonyl (C=O) groups excluding carboxylic acids is 1. The summed E-state index contributed by atoms with van der Waals surface area (Å²) in [5.41, 5.74) is 1.86. The van der Waals surface area contributed by atoms with Gasteiger partial charge in [-0.15, -0.1) is 0 Å². The summed E-state index contributed by atoms with van der Waals surface area (Å²) in [5.74, 6) is -1.40. The number of ether oxygens (including phenoxy) is 1. The summed E-state index contributed by atoms with van der Waals surface area (Å²) in [6, 6.07) is 18.4. The smallest absolute Gasteiger partial charge is 0.410 e. The van der Waals surface area contributed by atoms with Crippen LogP contribution in [0.15, 0.2) is 72.8 Å². The number of likely N-dealkylation sites (N-methyl/N-ethyl adjacent to an activating group) is 1. The van der Waals surface area contributed by atoms with E-state index in [0.717, 1.165) is 11.6 Å². The quantitative estimate of drug-likeness (QED) is 0.418. The van der Waals surface area contributed by atoms with Crippen LogP contribution in [0.2, 0.25) is 0 Å². The number of amides is 1. The van der Waals surface area contributed by atoms with Crippen molar-refractivity contribution in [3.63, 3.8) is 0 Å². The highest BCUT2D eigenvalue weighted by Crippen LogP contribution is 2.29. The number of hydrogen-bond acceptors (Lipinski definition) is 4. The molecule has 3 unspecified atom stereocenters. The minimum absolute atomic E-state index is 0.178. The number of rotatable bonds is 7. The van der Waals surface area contributed by atoms with E-state index in [2.05, 4.69) is 0 Å². The van der Waals surface area contributed by atoms with Gasteiger partial charge in [-0.2, -0.15) is 0 Å². The Balaban J connectivity index is 0.000000468. The number of aliphatic hydroxyl groups excluding tert-OH is 1. The predicted molar refractivity (Wildman–Crippen MR) is 137 cm³/mol. The molecule has 4 rings (SSSR count).